The molecular weight excluding hydrogens is 575 g/mol. The fourth-order valence-corrected chi connectivity index (χ4v) is 6.03. The van der Waals surface area contributed by atoms with E-state index in [1.54, 1.807) is 47.1 Å². The molecule has 0 spiro atoms. The number of ether oxygens (including phenoxy) is 1. The zero-order valence-electron chi connectivity index (χ0n) is 25.4. The number of rotatable bonds is 9. The molecule has 2 fully saturated rings. The number of nitrogens with one attached hydrogen (secondary N) is 2. The van der Waals surface area contributed by atoms with E-state index >= 15 is 0 Å². The first-order chi connectivity index (χ1) is 21.7. The second kappa shape index (κ2) is 13.8. The number of hydrazine groups is 1. The predicted molar refractivity (Wildman–Crippen MR) is 171 cm³/mol. The van der Waals surface area contributed by atoms with E-state index in [0.29, 0.717) is 30.6 Å². The third kappa shape index (κ3) is 7.06. The minimum Gasteiger partial charge on any atom is -0.481 e. The first-order valence-electron chi connectivity index (χ1n) is 14.9. The molecule has 0 radical (unpaired) electrons. The molecule has 1 aliphatic heterocycles. The molecule has 1 saturated carbocycles. The van der Waals surface area contributed by atoms with E-state index in [2.05, 4.69) is 27.2 Å². The van der Waals surface area contributed by atoms with E-state index in [4.69, 9.17) is 10.6 Å². The highest BCUT2D eigenvalue weighted by Gasteiger charge is 2.33. The number of carbonyl (C=O) groups excluding carboxylic acids is 3. The molecule has 3 aromatic rings. The van der Waals surface area contributed by atoms with Crippen LogP contribution < -0.4 is 22.2 Å². The number of pyridine rings is 1. The van der Waals surface area contributed by atoms with Gasteiger partial charge in [0.1, 0.15) is 11.7 Å². The maximum Gasteiger partial charge on any atom is 0.317 e. The van der Waals surface area contributed by atoms with Gasteiger partial charge in [0.15, 0.2) is 0 Å². The van der Waals surface area contributed by atoms with Crippen LogP contribution in [0.1, 0.15) is 57.1 Å². The van der Waals surface area contributed by atoms with Crippen molar-refractivity contribution in [2.24, 2.45) is 10.8 Å². The summed E-state index contributed by atoms with van der Waals surface area (Å²) < 4.78 is 8.59. The highest BCUT2D eigenvalue weighted by molar-refractivity contribution is 6.37. The Hall–Kier alpha value is -4.98. The van der Waals surface area contributed by atoms with Crippen LogP contribution in [0.15, 0.2) is 82.8 Å². The van der Waals surface area contributed by atoms with Crippen LogP contribution in [-0.4, -0.2) is 63.2 Å². The Kier molecular flexibility index (Phi) is 9.62. The second-order valence-corrected chi connectivity index (χ2v) is 11.4. The molecule has 234 valence electrons. The number of nitrogens with zero attached hydrogens (tertiary/aromatic N) is 5. The maximum atomic E-state index is 13.6. The van der Waals surface area contributed by atoms with Gasteiger partial charge in [-0.15, -0.1) is 0 Å². The normalized spacial score (nSPS) is 20.8. The predicted octanol–water partition coefficient (Wildman–Crippen LogP) is 1.87. The van der Waals surface area contributed by atoms with Gasteiger partial charge >= 0.3 is 5.69 Å². The van der Waals surface area contributed by atoms with Crippen LogP contribution in [0.4, 0.5) is 0 Å². The van der Waals surface area contributed by atoms with Gasteiger partial charge in [-0.3, -0.25) is 29.3 Å². The summed E-state index contributed by atoms with van der Waals surface area (Å²) in [6.07, 6.45) is 8.70. The molecule has 1 aromatic carbocycles. The van der Waals surface area contributed by atoms with Crippen LogP contribution in [0.25, 0.3) is 11.0 Å². The van der Waals surface area contributed by atoms with Gasteiger partial charge in [0.25, 0.3) is 13.3 Å². The van der Waals surface area contributed by atoms with Crippen molar-refractivity contribution in [1.29, 1.82) is 0 Å². The van der Waals surface area contributed by atoms with Gasteiger partial charge in [0, 0.05) is 42.3 Å². The van der Waals surface area contributed by atoms with E-state index in [9.17, 15) is 19.2 Å². The Morgan fingerprint density at radius 2 is 1.82 bits per heavy atom. The van der Waals surface area contributed by atoms with Crippen molar-refractivity contribution in [3.05, 3.63) is 89.0 Å². The van der Waals surface area contributed by atoms with Crippen molar-refractivity contribution in [1.82, 2.24) is 29.7 Å². The van der Waals surface area contributed by atoms with Crippen molar-refractivity contribution in [3.8, 4) is 0 Å². The largest absolute Gasteiger partial charge is 0.481 e. The molecule has 45 heavy (non-hydrogen) atoms. The summed E-state index contributed by atoms with van der Waals surface area (Å²) in [7, 11) is 1.99. The molecule has 3 amide bonds. The molecule has 2 aliphatic rings. The summed E-state index contributed by atoms with van der Waals surface area (Å²) in [5, 5.41) is 6.75. The van der Waals surface area contributed by atoms with Crippen LogP contribution in [-0.2, 0) is 19.1 Å². The number of allylic oxidation sites excluding steroid dienone is 1. The smallest absolute Gasteiger partial charge is 0.317 e. The van der Waals surface area contributed by atoms with Crippen molar-refractivity contribution < 1.29 is 19.1 Å². The van der Waals surface area contributed by atoms with Crippen LogP contribution >= 0.6 is 0 Å². The number of piperidine rings is 1. The number of nitrogens with two attached hydrogens (primary N) is 1. The van der Waals surface area contributed by atoms with E-state index in [-0.39, 0.29) is 41.5 Å². The molecule has 1 unspecified atom stereocenters. The van der Waals surface area contributed by atoms with Crippen molar-refractivity contribution >= 4 is 42.1 Å². The summed E-state index contributed by atoms with van der Waals surface area (Å²) in [5.74, 6) is 5.65. The third-order valence-corrected chi connectivity index (χ3v) is 8.34. The molecule has 1 aliphatic carbocycles. The number of aromatic nitrogens is 3. The molecule has 13 nitrogen and oxygen atoms in total. The van der Waals surface area contributed by atoms with Gasteiger partial charge in [0.05, 0.1) is 18.1 Å². The van der Waals surface area contributed by atoms with Gasteiger partial charge in [-0.05, 0) is 56.3 Å². The minimum absolute atomic E-state index is 0.0188. The number of carbonyl (C=O) groups is 3. The summed E-state index contributed by atoms with van der Waals surface area (Å²) in [6, 6.07) is 10.2. The fraction of sp³-hybridized carbons (Fsp3) is 0.355. The topological polar surface area (TPSA) is 166 Å². The van der Waals surface area contributed by atoms with Crippen LogP contribution in [0, 0.1) is 0 Å². The van der Waals surface area contributed by atoms with Crippen LogP contribution in [0.2, 0.25) is 5.82 Å². The number of hydrogen-bond acceptors (Lipinski definition) is 9. The number of fused-ring (bicyclic) bond motifs is 1. The average Bonchev–Trinajstić information content (AvgIpc) is 3.30. The molecule has 1 saturated heterocycles. The lowest BCUT2D eigenvalue weighted by Gasteiger charge is -2.33. The SMILES string of the molecule is C=C(/N=C(\OC)c1ccncc1)C(=O)N/C(C)=C/N(N)C1CCC(Bn2c(=O)n(C3CCC(=O)NC3=O)c3ccccc32)CC1. The molecular formula is C31H37BN8O5. The average molecular weight is 613 g/mol. The Bertz CT molecular complexity index is 1720. The molecule has 4 N–H and O–H groups in total. The van der Waals surface area contributed by atoms with E-state index in [0.717, 1.165) is 31.2 Å². The standard InChI is InChI=1S/C31H37BN8O5/c1-19(35-28(42)20(2)36-30(45-3)21-14-16-34-17-15-21)18-38(33)23-10-8-22(9-11-23)32-40-25-7-5-4-6-24(25)39(31(40)44)26-12-13-27(41)37-29(26)43/h4-7,14-18,22-23,26,32H,2,8-13,33H2,1,3H3,(H,35,42)(H,37,41,43)/b19-18+,36-30-. The van der Waals surface area contributed by atoms with Crippen LogP contribution in [0.5, 0.6) is 0 Å². The number of benzene rings is 1. The number of hydrogen-bond donors (Lipinski definition) is 3. The van der Waals surface area contributed by atoms with Crippen molar-refractivity contribution in [2.45, 2.75) is 63.3 Å². The molecule has 3 heterocycles. The number of imidazole rings is 1. The lowest BCUT2D eigenvalue weighted by molar-refractivity contribution is -0.135. The first-order valence-corrected chi connectivity index (χ1v) is 14.9. The summed E-state index contributed by atoms with van der Waals surface area (Å²) >= 11 is 0. The number of amides is 3. The monoisotopic (exact) mass is 612 g/mol. The fourth-order valence-electron chi connectivity index (χ4n) is 6.03. The maximum absolute atomic E-state index is 13.6. The van der Waals surface area contributed by atoms with Gasteiger partial charge in [0.2, 0.25) is 17.7 Å². The van der Waals surface area contributed by atoms with Crippen LogP contribution in [0.3, 0.4) is 0 Å². The third-order valence-electron chi connectivity index (χ3n) is 8.34. The second-order valence-electron chi connectivity index (χ2n) is 11.4. The van der Waals surface area contributed by atoms with Crippen molar-refractivity contribution in [2.75, 3.05) is 7.11 Å². The zero-order chi connectivity index (χ0) is 32.1. The molecule has 5 rings (SSSR count). The summed E-state index contributed by atoms with van der Waals surface area (Å²) in [4.78, 5) is 58.8. The van der Waals surface area contributed by atoms with Gasteiger partial charge in [-0.1, -0.05) is 31.6 Å². The van der Waals surface area contributed by atoms with E-state index in [1.165, 1.54) is 11.7 Å². The minimum atomic E-state index is -0.717. The van der Waals surface area contributed by atoms with E-state index < -0.39 is 17.9 Å². The molecule has 14 heteroatoms. The first kappa shape index (κ1) is 31.4. The van der Waals surface area contributed by atoms with Crippen molar-refractivity contribution in [3.63, 3.8) is 0 Å². The lowest BCUT2D eigenvalue weighted by Crippen LogP contribution is -2.45. The molecule has 0 bridgehead atoms. The van der Waals surface area contributed by atoms with Gasteiger partial charge < -0.3 is 19.5 Å². The molecule has 2 aromatic heterocycles. The lowest BCUT2D eigenvalue weighted by atomic mass is 9.66. The summed E-state index contributed by atoms with van der Waals surface area (Å²) in [6.45, 7) is 5.51. The van der Waals surface area contributed by atoms with E-state index in [1.807, 2.05) is 24.3 Å². The number of para-hydroxylation sites is 2. The zero-order valence-corrected chi connectivity index (χ0v) is 25.4. The Labute approximate surface area is 261 Å². The Morgan fingerprint density at radius 3 is 2.49 bits per heavy atom. The van der Waals surface area contributed by atoms with Gasteiger partial charge in [-0.2, -0.15) is 0 Å². The Morgan fingerprint density at radius 1 is 1.13 bits per heavy atom. The number of imide groups is 1. The summed E-state index contributed by atoms with van der Waals surface area (Å²) in [5.41, 5.74) is 2.40. The highest BCUT2D eigenvalue weighted by atomic mass is 16.5. The molecule has 1 atom stereocenters. The Balaban J connectivity index is 1.19. The van der Waals surface area contributed by atoms with Gasteiger partial charge in [-0.25, -0.2) is 15.6 Å². The number of methoxy groups -OCH3 is 1. The number of aliphatic imine (C=N–C) groups is 1. The quantitative estimate of drug-likeness (QED) is 0.0627. The highest BCUT2D eigenvalue weighted by Crippen LogP contribution is 2.31.